The number of nitrogens with zero attached hydrogens (tertiary/aromatic N) is 3. The Bertz CT molecular complexity index is 1410. The first-order valence-electron chi connectivity index (χ1n) is 9.21. The first kappa shape index (κ1) is 23.2. The van der Waals surface area contributed by atoms with E-state index in [1.165, 1.54) is 12.1 Å². The summed E-state index contributed by atoms with van der Waals surface area (Å²) in [4.78, 5) is 27.7. The number of thiophene rings is 1. The fourth-order valence-corrected chi connectivity index (χ4v) is 4.15. The highest BCUT2D eigenvalue weighted by molar-refractivity contribution is 7.21. The van der Waals surface area contributed by atoms with Gasteiger partial charge < -0.3 is 11.1 Å². The highest BCUT2D eigenvalue weighted by Gasteiger charge is 2.35. The molecular weight excluding hydrogens is 488 g/mol. The van der Waals surface area contributed by atoms with Gasteiger partial charge in [-0.05, 0) is 35.4 Å². The highest BCUT2D eigenvalue weighted by atomic mass is 32.1. The largest absolute Gasteiger partial charge is 0.433 e. The molecule has 3 heterocycles. The molecule has 34 heavy (non-hydrogen) atoms. The van der Waals surface area contributed by atoms with E-state index in [0.717, 1.165) is 24.4 Å². The Morgan fingerprint density at radius 1 is 1.12 bits per heavy atom. The number of nitrogens with one attached hydrogen (secondary N) is 1. The third-order valence-electron chi connectivity index (χ3n) is 4.61. The van der Waals surface area contributed by atoms with Gasteiger partial charge in [0, 0.05) is 11.6 Å². The van der Waals surface area contributed by atoms with E-state index in [1.54, 1.807) is 0 Å². The molecule has 0 atom stereocenters. The summed E-state index contributed by atoms with van der Waals surface area (Å²) in [6.07, 6.45) is -4.01. The zero-order valence-electron chi connectivity index (χ0n) is 16.5. The molecule has 0 fully saturated rings. The lowest BCUT2D eigenvalue weighted by Gasteiger charge is -2.12. The van der Waals surface area contributed by atoms with Gasteiger partial charge in [0.2, 0.25) is 0 Å². The number of primary amides is 1. The van der Waals surface area contributed by atoms with Crippen molar-refractivity contribution in [3.05, 3.63) is 64.7 Å². The Balaban J connectivity index is 1.94. The molecule has 0 saturated carbocycles. The molecule has 7 nitrogen and oxygen atoms in total. The molecular formula is C20H11F6N5O2S. The van der Waals surface area contributed by atoms with Gasteiger partial charge >= 0.3 is 12.7 Å². The van der Waals surface area contributed by atoms with Gasteiger partial charge in [-0.1, -0.05) is 12.1 Å². The number of hydrogen-bond donors (Lipinski definition) is 2. The number of carbonyl (C=O) groups is 2. The van der Waals surface area contributed by atoms with Crippen molar-refractivity contribution < 1.29 is 35.9 Å². The second-order valence-corrected chi connectivity index (χ2v) is 7.82. The summed E-state index contributed by atoms with van der Waals surface area (Å²) >= 11 is 0.501. The predicted octanol–water partition coefficient (Wildman–Crippen LogP) is 5.06. The molecule has 4 aromatic rings. The van der Waals surface area contributed by atoms with Crippen molar-refractivity contribution in [3.8, 4) is 11.1 Å². The number of fused-ring (bicyclic) bond motifs is 1. The number of pyridine rings is 1. The molecule has 2 amide bonds. The number of amides is 2. The molecule has 0 spiro atoms. The predicted molar refractivity (Wildman–Crippen MR) is 110 cm³/mol. The summed E-state index contributed by atoms with van der Waals surface area (Å²) in [5.74, 6) is -2.74. The summed E-state index contributed by atoms with van der Waals surface area (Å²) < 4.78 is 79.7. The van der Waals surface area contributed by atoms with Crippen LogP contribution in [-0.4, -0.2) is 26.6 Å². The molecule has 3 N–H and O–H groups in total. The van der Waals surface area contributed by atoms with Gasteiger partial charge in [-0.25, -0.2) is 14.1 Å². The van der Waals surface area contributed by atoms with Crippen LogP contribution < -0.4 is 11.1 Å². The second kappa shape index (κ2) is 8.44. The van der Waals surface area contributed by atoms with Crippen LogP contribution in [-0.2, 0) is 6.18 Å². The van der Waals surface area contributed by atoms with Crippen molar-refractivity contribution in [1.29, 1.82) is 0 Å². The minimum Gasteiger partial charge on any atom is -0.365 e. The normalized spacial score (nSPS) is 11.9. The number of rotatable bonds is 5. The quantitative estimate of drug-likeness (QED) is 0.375. The third kappa shape index (κ3) is 4.31. The number of carbonyl (C=O) groups excluding carboxylic acids is 2. The van der Waals surface area contributed by atoms with E-state index in [1.807, 2.05) is 0 Å². The Labute approximate surface area is 189 Å². The standard InChI is InChI=1S/C20H11F6N5O2S/c21-9-3-1-8(2-4-9)10-7-12(20(24,25)26)28-18-13(10)14(15(34-18)16(27)32)29-17(33)11-5-6-31(30-11)19(22)23/h1-7,19H,(H2,27,32)(H,29,33). The van der Waals surface area contributed by atoms with Gasteiger partial charge in [0.1, 0.15) is 21.2 Å². The van der Waals surface area contributed by atoms with Crippen molar-refractivity contribution >= 4 is 39.1 Å². The summed E-state index contributed by atoms with van der Waals surface area (Å²) in [5, 5.41) is 5.67. The van der Waals surface area contributed by atoms with E-state index >= 15 is 0 Å². The van der Waals surface area contributed by atoms with Crippen LogP contribution in [0.1, 0.15) is 32.4 Å². The SMILES string of the molecule is NC(=O)c1sc2nc(C(F)(F)F)cc(-c3ccc(F)cc3)c2c1NC(=O)c1ccn(C(F)F)n1. The lowest BCUT2D eigenvalue weighted by atomic mass is 10.0. The van der Waals surface area contributed by atoms with Crippen LogP contribution in [0.3, 0.4) is 0 Å². The maximum atomic E-state index is 13.5. The third-order valence-corrected chi connectivity index (χ3v) is 5.71. The number of anilines is 1. The fourth-order valence-electron chi connectivity index (χ4n) is 3.14. The first-order chi connectivity index (χ1) is 16.0. The molecule has 0 unspecified atom stereocenters. The van der Waals surface area contributed by atoms with Crippen LogP contribution in [0.15, 0.2) is 42.6 Å². The fraction of sp³-hybridized carbons (Fsp3) is 0.100. The van der Waals surface area contributed by atoms with Crippen LogP contribution in [0.4, 0.5) is 32.0 Å². The van der Waals surface area contributed by atoms with E-state index in [2.05, 4.69) is 15.4 Å². The zero-order chi connectivity index (χ0) is 24.8. The molecule has 0 aliphatic rings. The molecule has 176 valence electrons. The lowest BCUT2D eigenvalue weighted by Crippen LogP contribution is -2.17. The van der Waals surface area contributed by atoms with E-state index in [9.17, 15) is 35.9 Å². The molecule has 0 bridgehead atoms. The number of benzene rings is 1. The van der Waals surface area contributed by atoms with Crippen LogP contribution in [0.2, 0.25) is 0 Å². The van der Waals surface area contributed by atoms with Gasteiger partial charge in [0.15, 0.2) is 5.69 Å². The number of nitrogens with two attached hydrogens (primary N) is 1. The summed E-state index contributed by atoms with van der Waals surface area (Å²) in [7, 11) is 0. The molecule has 1 aromatic carbocycles. The maximum absolute atomic E-state index is 13.5. The molecule has 3 aromatic heterocycles. The first-order valence-corrected chi connectivity index (χ1v) is 10.0. The molecule has 0 saturated heterocycles. The van der Waals surface area contributed by atoms with Crippen molar-refractivity contribution in [2.24, 2.45) is 5.73 Å². The number of alkyl halides is 5. The van der Waals surface area contributed by atoms with Crippen molar-refractivity contribution in [2.75, 3.05) is 5.32 Å². The van der Waals surface area contributed by atoms with Crippen molar-refractivity contribution in [3.63, 3.8) is 0 Å². The highest BCUT2D eigenvalue weighted by Crippen LogP contribution is 2.43. The molecule has 0 radical (unpaired) electrons. The van der Waals surface area contributed by atoms with Crippen LogP contribution in [0.25, 0.3) is 21.3 Å². The Morgan fingerprint density at radius 2 is 1.79 bits per heavy atom. The van der Waals surface area contributed by atoms with Crippen LogP contribution in [0, 0.1) is 5.82 Å². The van der Waals surface area contributed by atoms with E-state index in [-0.39, 0.29) is 36.6 Å². The van der Waals surface area contributed by atoms with E-state index < -0.39 is 41.7 Å². The monoisotopic (exact) mass is 499 g/mol. The van der Waals surface area contributed by atoms with Gasteiger partial charge in [0.05, 0.1) is 5.69 Å². The van der Waals surface area contributed by atoms with Crippen LogP contribution >= 0.6 is 11.3 Å². The zero-order valence-corrected chi connectivity index (χ0v) is 17.3. The van der Waals surface area contributed by atoms with E-state index in [4.69, 9.17) is 5.73 Å². The Hall–Kier alpha value is -3.94. The Kier molecular flexibility index (Phi) is 5.77. The minimum absolute atomic E-state index is 0.0694. The minimum atomic E-state index is -4.86. The molecule has 0 aliphatic carbocycles. The van der Waals surface area contributed by atoms with E-state index in [0.29, 0.717) is 17.4 Å². The van der Waals surface area contributed by atoms with Crippen molar-refractivity contribution in [1.82, 2.24) is 14.8 Å². The average molecular weight is 499 g/mol. The second-order valence-electron chi connectivity index (χ2n) is 6.82. The van der Waals surface area contributed by atoms with Gasteiger partial charge in [-0.15, -0.1) is 11.3 Å². The van der Waals surface area contributed by atoms with Crippen molar-refractivity contribution in [2.45, 2.75) is 12.7 Å². The van der Waals surface area contributed by atoms with Crippen LogP contribution in [0.5, 0.6) is 0 Å². The molecule has 4 rings (SSSR count). The Morgan fingerprint density at radius 3 is 2.35 bits per heavy atom. The molecule has 14 heteroatoms. The number of aromatic nitrogens is 3. The summed E-state index contributed by atoms with van der Waals surface area (Å²) in [6.45, 7) is -3.01. The lowest BCUT2D eigenvalue weighted by molar-refractivity contribution is -0.140. The van der Waals surface area contributed by atoms with Gasteiger partial charge in [-0.2, -0.15) is 27.1 Å². The topological polar surface area (TPSA) is 103 Å². The smallest absolute Gasteiger partial charge is 0.365 e. The summed E-state index contributed by atoms with van der Waals surface area (Å²) in [5.41, 5.74) is 3.38. The van der Waals surface area contributed by atoms with Gasteiger partial charge in [0.25, 0.3) is 11.8 Å². The molecule has 0 aliphatic heterocycles. The summed E-state index contributed by atoms with van der Waals surface area (Å²) in [6, 6.07) is 6.13. The number of halogens is 6. The number of hydrogen-bond acceptors (Lipinski definition) is 5. The average Bonchev–Trinajstić information content (AvgIpc) is 3.39. The maximum Gasteiger partial charge on any atom is 0.433 e. The van der Waals surface area contributed by atoms with Gasteiger partial charge in [-0.3, -0.25) is 9.59 Å².